The van der Waals surface area contributed by atoms with Gasteiger partial charge in [-0.15, -0.1) is 6.58 Å². The van der Waals surface area contributed by atoms with Gasteiger partial charge in [-0.05, 0) is 12.1 Å². The van der Waals surface area contributed by atoms with Gasteiger partial charge in [-0.2, -0.15) is 0 Å². The highest BCUT2D eigenvalue weighted by Gasteiger charge is 2.17. The molecule has 0 fully saturated rings. The van der Waals surface area contributed by atoms with E-state index in [0.717, 1.165) is 0 Å². The van der Waals surface area contributed by atoms with E-state index in [0.29, 0.717) is 16.6 Å². The van der Waals surface area contributed by atoms with Gasteiger partial charge in [0.25, 0.3) is 5.69 Å². The molecule has 0 bridgehead atoms. The fraction of sp³-hybridized carbons (Fsp3) is 0.250. The number of rotatable bonds is 7. The Hall–Kier alpha value is -1.73. The van der Waals surface area contributed by atoms with Crippen LogP contribution in [-0.4, -0.2) is 34.0 Å². The first-order valence-corrected chi connectivity index (χ1v) is 6.21. The Kier molecular flexibility index (Phi) is 5.65. The summed E-state index contributed by atoms with van der Waals surface area (Å²) in [6.07, 6.45) is 1.56. The predicted molar refractivity (Wildman–Crippen MR) is 73.9 cm³/mol. The standard InChI is InChI=1S/C12H13BrN2O4/c1-2-5-14(8-12(16)17)7-9-3-4-10(13)6-11(9)15(18)19/h2-4,6H,1,5,7-8H2,(H,16,17). The predicted octanol–water partition coefficient (Wildman–Crippen LogP) is 2.43. The minimum atomic E-state index is -0.985. The molecule has 0 aromatic heterocycles. The summed E-state index contributed by atoms with van der Waals surface area (Å²) < 4.78 is 0.608. The second-order valence-electron chi connectivity index (χ2n) is 3.88. The second-order valence-corrected chi connectivity index (χ2v) is 4.80. The SMILES string of the molecule is C=CCN(CC(=O)O)Cc1ccc(Br)cc1[N+](=O)[O-]. The molecule has 0 saturated carbocycles. The summed E-state index contributed by atoms with van der Waals surface area (Å²) in [5.41, 5.74) is 0.435. The van der Waals surface area contributed by atoms with E-state index in [1.54, 1.807) is 23.1 Å². The van der Waals surface area contributed by atoms with Crippen molar-refractivity contribution in [1.82, 2.24) is 4.90 Å². The Morgan fingerprint density at radius 3 is 2.79 bits per heavy atom. The molecule has 0 atom stereocenters. The van der Waals surface area contributed by atoms with E-state index in [-0.39, 0.29) is 18.8 Å². The summed E-state index contributed by atoms with van der Waals surface area (Å²) in [6.45, 7) is 3.88. The van der Waals surface area contributed by atoms with Crippen molar-refractivity contribution in [2.24, 2.45) is 0 Å². The number of carboxylic acid groups (broad SMARTS) is 1. The third-order valence-corrected chi connectivity index (χ3v) is 2.88. The van der Waals surface area contributed by atoms with Crippen LogP contribution in [0.1, 0.15) is 5.56 Å². The largest absolute Gasteiger partial charge is 0.480 e. The van der Waals surface area contributed by atoms with Crippen LogP contribution < -0.4 is 0 Å². The van der Waals surface area contributed by atoms with Crippen LogP contribution in [0.2, 0.25) is 0 Å². The molecule has 7 heteroatoms. The lowest BCUT2D eigenvalue weighted by atomic mass is 10.1. The van der Waals surface area contributed by atoms with E-state index in [1.165, 1.54) is 6.07 Å². The van der Waals surface area contributed by atoms with Gasteiger partial charge in [0.05, 0.1) is 11.5 Å². The van der Waals surface area contributed by atoms with Crippen LogP contribution in [0.25, 0.3) is 0 Å². The Morgan fingerprint density at radius 2 is 2.26 bits per heavy atom. The molecule has 0 aliphatic rings. The summed E-state index contributed by atoms with van der Waals surface area (Å²) in [5, 5.41) is 19.8. The summed E-state index contributed by atoms with van der Waals surface area (Å²) in [5.74, 6) is -0.985. The Morgan fingerprint density at radius 1 is 1.58 bits per heavy atom. The van der Waals surface area contributed by atoms with Crippen LogP contribution in [0, 0.1) is 10.1 Å². The highest BCUT2D eigenvalue weighted by Crippen LogP contribution is 2.24. The van der Waals surface area contributed by atoms with E-state index in [1.807, 2.05) is 0 Å². The fourth-order valence-electron chi connectivity index (χ4n) is 1.64. The number of benzene rings is 1. The van der Waals surface area contributed by atoms with Crippen LogP contribution in [0.4, 0.5) is 5.69 Å². The van der Waals surface area contributed by atoms with Gasteiger partial charge in [0.15, 0.2) is 0 Å². The average Bonchev–Trinajstić information content (AvgIpc) is 2.30. The molecule has 6 nitrogen and oxygen atoms in total. The minimum Gasteiger partial charge on any atom is -0.480 e. The highest BCUT2D eigenvalue weighted by atomic mass is 79.9. The smallest absolute Gasteiger partial charge is 0.317 e. The van der Waals surface area contributed by atoms with Crippen molar-refractivity contribution in [3.8, 4) is 0 Å². The summed E-state index contributed by atoms with van der Waals surface area (Å²) >= 11 is 3.17. The number of carboxylic acids is 1. The molecule has 0 aliphatic carbocycles. The lowest BCUT2D eigenvalue weighted by Gasteiger charge is -2.18. The molecule has 0 aliphatic heterocycles. The van der Waals surface area contributed by atoms with E-state index in [4.69, 9.17) is 5.11 Å². The molecule has 0 saturated heterocycles. The van der Waals surface area contributed by atoms with E-state index >= 15 is 0 Å². The zero-order valence-electron chi connectivity index (χ0n) is 10.1. The zero-order valence-corrected chi connectivity index (χ0v) is 11.7. The summed E-state index contributed by atoms with van der Waals surface area (Å²) in [7, 11) is 0. The zero-order chi connectivity index (χ0) is 14.4. The molecular weight excluding hydrogens is 316 g/mol. The van der Waals surface area contributed by atoms with Crippen molar-refractivity contribution < 1.29 is 14.8 Å². The average molecular weight is 329 g/mol. The van der Waals surface area contributed by atoms with Gasteiger partial charge in [-0.3, -0.25) is 19.8 Å². The van der Waals surface area contributed by atoms with Gasteiger partial charge < -0.3 is 5.11 Å². The summed E-state index contributed by atoms with van der Waals surface area (Å²) in [4.78, 5) is 22.8. The minimum absolute atomic E-state index is 0.0335. The Bertz CT molecular complexity index is 505. The number of carbonyl (C=O) groups is 1. The first kappa shape index (κ1) is 15.3. The molecule has 1 rings (SSSR count). The van der Waals surface area contributed by atoms with Crippen molar-refractivity contribution in [2.45, 2.75) is 6.54 Å². The molecule has 0 unspecified atom stereocenters. The van der Waals surface area contributed by atoms with Crippen molar-refractivity contribution in [2.75, 3.05) is 13.1 Å². The fourth-order valence-corrected chi connectivity index (χ4v) is 1.99. The quantitative estimate of drug-likeness (QED) is 0.472. The van der Waals surface area contributed by atoms with Crippen LogP contribution in [0.15, 0.2) is 35.3 Å². The molecule has 0 radical (unpaired) electrons. The number of nitro benzene ring substituents is 1. The number of halogens is 1. The van der Waals surface area contributed by atoms with Crippen LogP contribution in [0.5, 0.6) is 0 Å². The molecule has 1 N–H and O–H groups in total. The lowest BCUT2D eigenvalue weighted by Crippen LogP contribution is -2.29. The number of hydrogen-bond acceptors (Lipinski definition) is 4. The molecule has 1 aromatic rings. The third kappa shape index (κ3) is 4.80. The Balaban J connectivity index is 2.98. The topological polar surface area (TPSA) is 83.7 Å². The van der Waals surface area contributed by atoms with Crippen molar-refractivity contribution >= 4 is 27.6 Å². The van der Waals surface area contributed by atoms with E-state index in [2.05, 4.69) is 22.5 Å². The van der Waals surface area contributed by atoms with Gasteiger partial charge in [0.2, 0.25) is 0 Å². The summed E-state index contributed by atoms with van der Waals surface area (Å²) in [6, 6.07) is 4.71. The van der Waals surface area contributed by atoms with Crippen LogP contribution in [-0.2, 0) is 11.3 Å². The van der Waals surface area contributed by atoms with Gasteiger partial charge in [-0.1, -0.05) is 22.0 Å². The number of nitrogens with zero attached hydrogens (tertiary/aromatic N) is 2. The van der Waals surface area contributed by atoms with Gasteiger partial charge in [-0.25, -0.2) is 0 Å². The van der Waals surface area contributed by atoms with E-state index in [9.17, 15) is 14.9 Å². The lowest BCUT2D eigenvalue weighted by molar-refractivity contribution is -0.385. The first-order chi connectivity index (χ1) is 8.93. The van der Waals surface area contributed by atoms with E-state index < -0.39 is 10.9 Å². The number of aliphatic carboxylic acids is 1. The van der Waals surface area contributed by atoms with Crippen molar-refractivity contribution in [3.63, 3.8) is 0 Å². The van der Waals surface area contributed by atoms with Gasteiger partial charge >= 0.3 is 5.97 Å². The monoisotopic (exact) mass is 328 g/mol. The van der Waals surface area contributed by atoms with Crippen molar-refractivity contribution in [1.29, 1.82) is 0 Å². The van der Waals surface area contributed by atoms with Crippen LogP contribution in [0.3, 0.4) is 0 Å². The molecular formula is C12H13BrN2O4. The second kappa shape index (κ2) is 7.01. The number of hydrogen-bond donors (Lipinski definition) is 1. The van der Waals surface area contributed by atoms with Crippen LogP contribution >= 0.6 is 15.9 Å². The molecule has 0 heterocycles. The molecule has 102 valence electrons. The molecule has 0 spiro atoms. The first-order valence-electron chi connectivity index (χ1n) is 5.42. The normalized spacial score (nSPS) is 10.4. The van der Waals surface area contributed by atoms with Gasteiger partial charge in [0, 0.05) is 29.2 Å². The maximum atomic E-state index is 11.0. The molecule has 0 amide bonds. The van der Waals surface area contributed by atoms with Crippen molar-refractivity contribution in [3.05, 3.63) is 51.0 Å². The maximum Gasteiger partial charge on any atom is 0.317 e. The number of nitro groups is 1. The van der Waals surface area contributed by atoms with Gasteiger partial charge in [0.1, 0.15) is 0 Å². The maximum absolute atomic E-state index is 11.0. The Labute approximate surface area is 118 Å². The molecule has 1 aromatic carbocycles. The third-order valence-electron chi connectivity index (χ3n) is 2.38. The highest BCUT2D eigenvalue weighted by molar-refractivity contribution is 9.10. The molecule has 19 heavy (non-hydrogen) atoms.